The normalized spacial score (nSPS) is 14.1. The lowest BCUT2D eigenvalue weighted by atomic mass is 9.93. The average Bonchev–Trinajstić information content (AvgIpc) is 2.56. The summed E-state index contributed by atoms with van der Waals surface area (Å²) in [5.74, 6) is -0.866. The summed E-state index contributed by atoms with van der Waals surface area (Å²) in [6.45, 7) is 1.05. The van der Waals surface area contributed by atoms with Crippen LogP contribution in [0.2, 0.25) is 0 Å². The molecule has 0 saturated heterocycles. The second-order valence-corrected chi connectivity index (χ2v) is 5.75. The van der Waals surface area contributed by atoms with Crippen LogP contribution < -0.4 is 11.5 Å². The topological polar surface area (TPSA) is 110 Å². The number of hydrogen-bond donors (Lipinski definition) is 3. The van der Waals surface area contributed by atoms with E-state index in [-0.39, 0.29) is 29.7 Å². The third-order valence-electron chi connectivity index (χ3n) is 4.39. The number of benzene rings is 2. The SMILES string of the molecule is NCC(CN)CCN1C(=O)c2cccc3ccc(O)c(c23)C1=O. The Morgan fingerprint density at radius 2 is 1.78 bits per heavy atom. The van der Waals surface area contributed by atoms with Crippen LogP contribution in [0.5, 0.6) is 5.75 Å². The van der Waals surface area contributed by atoms with Crippen LogP contribution in [0.3, 0.4) is 0 Å². The number of phenolic OH excluding ortho intramolecular Hbond substituents is 1. The van der Waals surface area contributed by atoms with Crippen LogP contribution in [0, 0.1) is 5.92 Å². The molecule has 1 heterocycles. The summed E-state index contributed by atoms with van der Waals surface area (Å²) in [5, 5.41) is 11.4. The summed E-state index contributed by atoms with van der Waals surface area (Å²) < 4.78 is 0. The van der Waals surface area contributed by atoms with Crippen molar-refractivity contribution < 1.29 is 14.7 Å². The van der Waals surface area contributed by atoms with Gasteiger partial charge in [0, 0.05) is 17.5 Å². The lowest BCUT2D eigenvalue weighted by molar-refractivity contribution is 0.0601. The van der Waals surface area contributed by atoms with Crippen LogP contribution >= 0.6 is 0 Å². The summed E-state index contributed by atoms with van der Waals surface area (Å²) >= 11 is 0. The monoisotopic (exact) mass is 313 g/mol. The van der Waals surface area contributed by atoms with E-state index in [9.17, 15) is 14.7 Å². The van der Waals surface area contributed by atoms with E-state index in [1.807, 2.05) is 6.07 Å². The van der Waals surface area contributed by atoms with E-state index in [1.165, 1.54) is 11.0 Å². The van der Waals surface area contributed by atoms with Crippen molar-refractivity contribution in [1.29, 1.82) is 0 Å². The van der Waals surface area contributed by atoms with E-state index in [4.69, 9.17) is 11.5 Å². The molecule has 2 amide bonds. The highest BCUT2D eigenvalue weighted by Gasteiger charge is 2.34. The summed E-state index contributed by atoms with van der Waals surface area (Å²) in [6, 6.07) is 8.45. The Bertz CT molecular complexity index is 784. The van der Waals surface area contributed by atoms with E-state index in [0.29, 0.717) is 30.5 Å². The van der Waals surface area contributed by atoms with Gasteiger partial charge in [-0.15, -0.1) is 0 Å². The van der Waals surface area contributed by atoms with Gasteiger partial charge in [-0.05, 0) is 42.9 Å². The van der Waals surface area contributed by atoms with Gasteiger partial charge in [-0.25, -0.2) is 0 Å². The van der Waals surface area contributed by atoms with E-state index in [2.05, 4.69) is 0 Å². The standard InChI is InChI=1S/C17H19N3O3/c18-8-10(9-19)6-7-20-16(22)12-3-1-2-11-4-5-13(21)15(14(11)12)17(20)23/h1-5,10,21H,6-9,18-19H2. The first-order valence-corrected chi connectivity index (χ1v) is 7.59. The molecule has 1 aliphatic rings. The van der Waals surface area contributed by atoms with Crippen molar-refractivity contribution in [2.75, 3.05) is 19.6 Å². The molecular weight excluding hydrogens is 294 g/mol. The molecule has 23 heavy (non-hydrogen) atoms. The quantitative estimate of drug-likeness (QED) is 0.715. The predicted octanol–water partition coefficient (Wildman–Crippen LogP) is 1.07. The molecule has 0 aromatic heterocycles. The Labute approximate surface area is 133 Å². The lowest BCUT2D eigenvalue weighted by Gasteiger charge is -2.28. The van der Waals surface area contributed by atoms with Gasteiger partial charge in [-0.2, -0.15) is 0 Å². The van der Waals surface area contributed by atoms with Crippen molar-refractivity contribution in [3.8, 4) is 5.75 Å². The molecule has 1 aliphatic heterocycles. The Kier molecular flexibility index (Phi) is 4.02. The number of imide groups is 1. The van der Waals surface area contributed by atoms with Gasteiger partial charge in [-0.3, -0.25) is 14.5 Å². The second kappa shape index (κ2) is 5.98. The molecule has 6 nitrogen and oxygen atoms in total. The highest BCUT2D eigenvalue weighted by molar-refractivity contribution is 6.26. The first-order valence-electron chi connectivity index (χ1n) is 7.59. The molecule has 0 bridgehead atoms. The maximum atomic E-state index is 12.7. The van der Waals surface area contributed by atoms with E-state index in [1.54, 1.807) is 18.2 Å². The predicted molar refractivity (Wildman–Crippen MR) is 87.2 cm³/mol. The first-order chi connectivity index (χ1) is 11.1. The molecular formula is C17H19N3O3. The van der Waals surface area contributed by atoms with Gasteiger partial charge in [0.15, 0.2) is 0 Å². The third-order valence-corrected chi connectivity index (χ3v) is 4.39. The summed E-state index contributed by atoms with van der Waals surface area (Å²) in [6.07, 6.45) is 0.545. The number of rotatable bonds is 5. The van der Waals surface area contributed by atoms with Crippen LogP contribution in [-0.4, -0.2) is 41.5 Å². The maximum absolute atomic E-state index is 12.7. The molecule has 6 heteroatoms. The number of carbonyl (C=O) groups is 2. The second-order valence-electron chi connectivity index (χ2n) is 5.75. The zero-order valence-corrected chi connectivity index (χ0v) is 12.7. The number of nitrogens with zero attached hydrogens (tertiary/aromatic N) is 1. The minimum absolute atomic E-state index is 0.0529. The molecule has 2 aromatic carbocycles. The number of phenols is 1. The molecule has 0 unspecified atom stereocenters. The molecule has 2 aromatic rings. The molecule has 5 N–H and O–H groups in total. The Morgan fingerprint density at radius 3 is 2.48 bits per heavy atom. The Balaban J connectivity index is 2.03. The lowest BCUT2D eigenvalue weighted by Crippen LogP contribution is -2.42. The van der Waals surface area contributed by atoms with Gasteiger partial charge in [0.2, 0.25) is 0 Å². The number of hydrogen-bond acceptors (Lipinski definition) is 5. The first kappa shape index (κ1) is 15.5. The van der Waals surface area contributed by atoms with Crippen molar-refractivity contribution in [2.45, 2.75) is 6.42 Å². The van der Waals surface area contributed by atoms with Crippen LogP contribution in [0.4, 0.5) is 0 Å². The number of nitrogens with two attached hydrogens (primary N) is 2. The van der Waals surface area contributed by atoms with Gasteiger partial charge >= 0.3 is 0 Å². The van der Waals surface area contributed by atoms with Gasteiger partial charge in [0.25, 0.3) is 11.8 Å². The third kappa shape index (κ3) is 2.46. The highest BCUT2D eigenvalue weighted by atomic mass is 16.3. The van der Waals surface area contributed by atoms with Crippen molar-refractivity contribution in [3.63, 3.8) is 0 Å². The molecule has 0 fully saturated rings. The molecule has 3 rings (SSSR count). The highest BCUT2D eigenvalue weighted by Crippen LogP contribution is 2.35. The summed E-state index contributed by atoms with van der Waals surface area (Å²) in [4.78, 5) is 26.6. The van der Waals surface area contributed by atoms with E-state index >= 15 is 0 Å². The van der Waals surface area contributed by atoms with Gasteiger partial charge < -0.3 is 16.6 Å². The Hall–Kier alpha value is -2.44. The van der Waals surface area contributed by atoms with Crippen molar-refractivity contribution in [1.82, 2.24) is 4.90 Å². The van der Waals surface area contributed by atoms with Crippen molar-refractivity contribution >= 4 is 22.6 Å². The fourth-order valence-electron chi connectivity index (χ4n) is 2.98. The smallest absolute Gasteiger partial charge is 0.265 e. The van der Waals surface area contributed by atoms with Crippen LogP contribution in [0.15, 0.2) is 30.3 Å². The van der Waals surface area contributed by atoms with Crippen LogP contribution in [-0.2, 0) is 0 Å². The average molecular weight is 313 g/mol. The number of carbonyl (C=O) groups excluding carboxylic acids is 2. The van der Waals surface area contributed by atoms with Gasteiger partial charge in [0.05, 0.1) is 5.56 Å². The van der Waals surface area contributed by atoms with Crippen molar-refractivity contribution in [3.05, 3.63) is 41.5 Å². The van der Waals surface area contributed by atoms with E-state index in [0.717, 1.165) is 5.39 Å². The summed E-state index contributed by atoms with van der Waals surface area (Å²) in [7, 11) is 0. The van der Waals surface area contributed by atoms with Crippen molar-refractivity contribution in [2.24, 2.45) is 17.4 Å². The summed E-state index contributed by atoms with van der Waals surface area (Å²) in [5.41, 5.74) is 11.9. The fourth-order valence-corrected chi connectivity index (χ4v) is 2.98. The zero-order chi connectivity index (χ0) is 16.6. The van der Waals surface area contributed by atoms with Gasteiger partial charge in [0.1, 0.15) is 5.75 Å². The molecule has 0 spiro atoms. The zero-order valence-electron chi connectivity index (χ0n) is 12.7. The minimum Gasteiger partial charge on any atom is -0.507 e. The number of aromatic hydroxyl groups is 1. The van der Waals surface area contributed by atoms with Crippen LogP contribution in [0.1, 0.15) is 27.1 Å². The maximum Gasteiger partial charge on any atom is 0.265 e. The fraction of sp³-hybridized carbons (Fsp3) is 0.294. The van der Waals surface area contributed by atoms with Gasteiger partial charge in [-0.1, -0.05) is 18.2 Å². The Morgan fingerprint density at radius 1 is 1.04 bits per heavy atom. The molecule has 0 atom stereocenters. The molecule has 120 valence electrons. The number of amides is 2. The largest absolute Gasteiger partial charge is 0.507 e. The minimum atomic E-state index is -0.468. The molecule has 0 saturated carbocycles. The molecule has 0 aliphatic carbocycles. The van der Waals surface area contributed by atoms with Crippen LogP contribution in [0.25, 0.3) is 10.8 Å². The van der Waals surface area contributed by atoms with E-state index < -0.39 is 5.91 Å². The molecule has 0 radical (unpaired) electrons.